The summed E-state index contributed by atoms with van der Waals surface area (Å²) in [4.78, 5) is 0. The first kappa shape index (κ1) is 16.5. The van der Waals surface area contributed by atoms with Gasteiger partial charge in [0.15, 0.2) is 0 Å². The second kappa shape index (κ2) is 7.41. The van der Waals surface area contributed by atoms with Gasteiger partial charge in [-0.1, -0.05) is 36.8 Å². The van der Waals surface area contributed by atoms with E-state index in [1.807, 2.05) is 13.1 Å². The smallest absolute Gasteiger partial charge is 0.150 e. The van der Waals surface area contributed by atoms with Crippen molar-refractivity contribution in [2.75, 3.05) is 13.3 Å². The lowest BCUT2D eigenvalue weighted by Crippen LogP contribution is -2.39. The van der Waals surface area contributed by atoms with Gasteiger partial charge in [0.25, 0.3) is 0 Å². The predicted octanol–water partition coefficient (Wildman–Crippen LogP) is 2.81. The summed E-state index contributed by atoms with van der Waals surface area (Å²) in [5, 5.41) is 3.28. The molecule has 0 radical (unpaired) electrons. The van der Waals surface area contributed by atoms with E-state index in [1.165, 1.54) is 11.8 Å². The zero-order chi connectivity index (χ0) is 15.3. The Balaban J connectivity index is 1.94. The topological polar surface area (TPSA) is 46.2 Å². The Kier molecular flexibility index (Phi) is 5.82. The Morgan fingerprint density at radius 1 is 1.24 bits per heavy atom. The molecular weight excluding hydrogens is 282 g/mol. The molecule has 118 valence electrons. The maximum Gasteiger partial charge on any atom is 0.150 e. The van der Waals surface area contributed by atoms with Crippen LogP contribution in [-0.4, -0.2) is 33.0 Å². The van der Waals surface area contributed by atoms with Crippen LogP contribution in [-0.2, 0) is 16.3 Å². The van der Waals surface area contributed by atoms with Crippen LogP contribution < -0.4 is 5.32 Å². The van der Waals surface area contributed by atoms with E-state index in [4.69, 9.17) is 0 Å². The van der Waals surface area contributed by atoms with Gasteiger partial charge in [0, 0.05) is 12.3 Å². The normalized spacial score (nSPS) is 24.7. The van der Waals surface area contributed by atoms with Gasteiger partial charge in [-0.2, -0.15) is 0 Å². The van der Waals surface area contributed by atoms with Gasteiger partial charge >= 0.3 is 0 Å². The molecule has 1 aliphatic carbocycles. The van der Waals surface area contributed by atoms with Crippen molar-refractivity contribution in [3.05, 3.63) is 35.9 Å². The zero-order valence-corrected chi connectivity index (χ0v) is 13.9. The largest absolute Gasteiger partial charge is 0.317 e. The molecule has 4 heteroatoms. The third-order valence-electron chi connectivity index (χ3n) is 4.80. The zero-order valence-electron chi connectivity index (χ0n) is 13.1. The fourth-order valence-electron chi connectivity index (χ4n) is 3.52. The van der Waals surface area contributed by atoms with Gasteiger partial charge in [-0.05, 0) is 50.6 Å². The van der Waals surface area contributed by atoms with Crippen LogP contribution >= 0.6 is 0 Å². The first-order valence-electron chi connectivity index (χ1n) is 7.90. The molecular formula is C17H27NO2S. The molecule has 1 fully saturated rings. The molecule has 0 aromatic heterocycles. The van der Waals surface area contributed by atoms with Crippen molar-refractivity contribution in [3.8, 4) is 0 Å². The first-order valence-corrected chi connectivity index (χ1v) is 9.86. The summed E-state index contributed by atoms with van der Waals surface area (Å²) in [6, 6.07) is 10.9. The van der Waals surface area contributed by atoms with Crippen molar-refractivity contribution in [2.24, 2.45) is 5.92 Å². The first-order chi connectivity index (χ1) is 10.0. The fourth-order valence-corrected chi connectivity index (χ4v) is 4.71. The van der Waals surface area contributed by atoms with E-state index in [0.29, 0.717) is 12.0 Å². The van der Waals surface area contributed by atoms with Crippen molar-refractivity contribution in [1.29, 1.82) is 0 Å². The van der Waals surface area contributed by atoms with Crippen molar-refractivity contribution >= 4 is 9.84 Å². The van der Waals surface area contributed by atoms with Gasteiger partial charge in [0.1, 0.15) is 9.84 Å². The Morgan fingerprint density at radius 2 is 1.95 bits per heavy atom. The molecule has 0 heterocycles. The van der Waals surface area contributed by atoms with Gasteiger partial charge in [0.2, 0.25) is 0 Å². The summed E-state index contributed by atoms with van der Waals surface area (Å²) >= 11 is 0. The lowest BCUT2D eigenvalue weighted by atomic mass is 9.81. The molecule has 0 amide bonds. The lowest BCUT2D eigenvalue weighted by Gasteiger charge is -2.34. The number of hydrogen-bond donors (Lipinski definition) is 1. The van der Waals surface area contributed by atoms with Crippen LogP contribution in [0.15, 0.2) is 30.3 Å². The molecule has 21 heavy (non-hydrogen) atoms. The molecule has 1 aliphatic rings. The van der Waals surface area contributed by atoms with E-state index in [1.54, 1.807) is 0 Å². The standard InChI is InChI=1S/C17H27NO2S/c1-18-17(12-11-14-7-4-3-5-8-14)15-9-6-10-16(13-15)21(2,19)20/h3-5,7-8,15-18H,6,9-13H2,1-2H3. The van der Waals surface area contributed by atoms with Crippen LogP contribution in [0.4, 0.5) is 0 Å². The quantitative estimate of drug-likeness (QED) is 0.879. The number of rotatable bonds is 6. The number of sulfone groups is 1. The minimum atomic E-state index is -2.90. The predicted molar refractivity (Wildman–Crippen MR) is 88.2 cm³/mol. The molecule has 0 aliphatic heterocycles. The molecule has 1 N–H and O–H groups in total. The van der Waals surface area contributed by atoms with Crippen LogP contribution in [0.1, 0.15) is 37.7 Å². The maximum absolute atomic E-state index is 11.8. The molecule has 1 aromatic carbocycles. The maximum atomic E-state index is 11.8. The number of aryl methyl sites for hydroxylation is 1. The van der Waals surface area contributed by atoms with Crippen molar-refractivity contribution in [3.63, 3.8) is 0 Å². The summed E-state index contributed by atoms with van der Waals surface area (Å²) in [6.45, 7) is 0. The summed E-state index contributed by atoms with van der Waals surface area (Å²) in [6.07, 6.45) is 7.34. The molecule has 1 saturated carbocycles. The SMILES string of the molecule is CNC(CCc1ccccc1)C1CCCC(S(C)(=O)=O)C1. The Hall–Kier alpha value is -0.870. The number of hydrogen-bond acceptors (Lipinski definition) is 3. The molecule has 0 spiro atoms. The van der Waals surface area contributed by atoms with Crippen LogP contribution in [0, 0.1) is 5.92 Å². The van der Waals surface area contributed by atoms with Crippen molar-refractivity contribution in [2.45, 2.75) is 49.8 Å². The van der Waals surface area contributed by atoms with Crippen LogP contribution in [0.3, 0.4) is 0 Å². The second-order valence-corrected chi connectivity index (χ2v) is 8.62. The van der Waals surface area contributed by atoms with Gasteiger partial charge in [0.05, 0.1) is 5.25 Å². The Labute approximate surface area is 129 Å². The minimum absolute atomic E-state index is 0.135. The van der Waals surface area contributed by atoms with Gasteiger partial charge < -0.3 is 5.32 Å². The molecule has 3 nitrogen and oxygen atoms in total. The van der Waals surface area contributed by atoms with Crippen LogP contribution in [0.25, 0.3) is 0 Å². The van der Waals surface area contributed by atoms with Gasteiger partial charge in [-0.3, -0.25) is 0 Å². The average molecular weight is 309 g/mol. The van der Waals surface area contributed by atoms with Crippen LogP contribution in [0.2, 0.25) is 0 Å². The summed E-state index contributed by atoms with van der Waals surface area (Å²) in [5.74, 6) is 0.479. The molecule has 3 atom stereocenters. The Morgan fingerprint density at radius 3 is 2.57 bits per heavy atom. The van der Waals surface area contributed by atoms with E-state index < -0.39 is 9.84 Å². The van der Waals surface area contributed by atoms with Crippen molar-refractivity contribution in [1.82, 2.24) is 5.32 Å². The van der Waals surface area contributed by atoms with E-state index >= 15 is 0 Å². The molecule has 0 bridgehead atoms. The van der Waals surface area contributed by atoms with E-state index in [2.05, 4.69) is 29.6 Å². The van der Waals surface area contributed by atoms with E-state index in [9.17, 15) is 8.42 Å². The molecule has 0 saturated heterocycles. The fraction of sp³-hybridized carbons (Fsp3) is 0.647. The highest BCUT2D eigenvalue weighted by molar-refractivity contribution is 7.91. The number of nitrogens with one attached hydrogen (secondary N) is 1. The summed E-state index contributed by atoms with van der Waals surface area (Å²) < 4.78 is 23.6. The minimum Gasteiger partial charge on any atom is -0.317 e. The molecule has 2 rings (SSSR count). The average Bonchev–Trinajstić information content (AvgIpc) is 2.48. The van der Waals surface area contributed by atoms with Gasteiger partial charge in [-0.15, -0.1) is 0 Å². The van der Waals surface area contributed by atoms with Gasteiger partial charge in [-0.25, -0.2) is 8.42 Å². The number of benzene rings is 1. The third kappa shape index (κ3) is 4.82. The monoisotopic (exact) mass is 309 g/mol. The Bertz CT molecular complexity index is 527. The van der Waals surface area contributed by atoms with Crippen LogP contribution in [0.5, 0.6) is 0 Å². The summed E-state index contributed by atoms with van der Waals surface area (Å²) in [5.41, 5.74) is 1.35. The highest BCUT2D eigenvalue weighted by Gasteiger charge is 2.32. The van der Waals surface area contributed by atoms with E-state index in [-0.39, 0.29) is 5.25 Å². The van der Waals surface area contributed by atoms with E-state index in [0.717, 1.165) is 38.5 Å². The highest BCUT2D eigenvalue weighted by Crippen LogP contribution is 2.32. The lowest BCUT2D eigenvalue weighted by molar-refractivity contribution is 0.269. The molecule has 1 aromatic rings. The van der Waals surface area contributed by atoms with Crippen molar-refractivity contribution < 1.29 is 8.42 Å². The highest BCUT2D eigenvalue weighted by atomic mass is 32.2. The molecule has 3 unspecified atom stereocenters. The summed E-state index contributed by atoms with van der Waals surface area (Å²) in [7, 11) is -0.896. The second-order valence-electron chi connectivity index (χ2n) is 6.30. The third-order valence-corrected chi connectivity index (χ3v) is 6.44.